The van der Waals surface area contributed by atoms with Crippen LogP contribution in [0.5, 0.6) is 0 Å². The summed E-state index contributed by atoms with van der Waals surface area (Å²) in [6.45, 7) is 3.95. The standard InChI is InChI=1S/C21H19N5OS/c1-14-6-3-7-16(12-14)26-15(2)24-25-21(26)28-13-20(27)23-19-10-4-9-18-17(19)8-5-11-22-18/h3-12H,13H2,1-2H3,(H,23,27). The predicted molar refractivity (Wildman–Crippen MR) is 112 cm³/mol. The third-order valence-corrected chi connectivity index (χ3v) is 5.24. The van der Waals surface area contributed by atoms with Crippen molar-refractivity contribution >= 4 is 34.3 Å². The van der Waals surface area contributed by atoms with Gasteiger partial charge in [0.25, 0.3) is 0 Å². The first-order valence-corrected chi connectivity index (χ1v) is 9.86. The topological polar surface area (TPSA) is 72.7 Å². The molecule has 0 saturated carbocycles. The molecular formula is C21H19N5OS. The van der Waals surface area contributed by atoms with Crippen molar-refractivity contribution in [2.24, 2.45) is 0 Å². The number of anilines is 1. The van der Waals surface area contributed by atoms with E-state index in [0.717, 1.165) is 33.7 Å². The quantitative estimate of drug-likeness (QED) is 0.519. The van der Waals surface area contributed by atoms with Crippen molar-refractivity contribution in [2.45, 2.75) is 19.0 Å². The maximum atomic E-state index is 12.5. The molecule has 28 heavy (non-hydrogen) atoms. The van der Waals surface area contributed by atoms with Crippen molar-refractivity contribution in [3.63, 3.8) is 0 Å². The van der Waals surface area contributed by atoms with Gasteiger partial charge in [0.1, 0.15) is 5.82 Å². The van der Waals surface area contributed by atoms with Crippen LogP contribution in [0.15, 0.2) is 66.0 Å². The minimum Gasteiger partial charge on any atom is -0.325 e. The fraction of sp³-hybridized carbons (Fsp3) is 0.143. The molecule has 0 saturated heterocycles. The van der Waals surface area contributed by atoms with Crippen molar-refractivity contribution < 1.29 is 4.79 Å². The molecule has 0 aliphatic heterocycles. The summed E-state index contributed by atoms with van der Waals surface area (Å²) in [5, 5.41) is 13.0. The maximum Gasteiger partial charge on any atom is 0.234 e. The van der Waals surface area contributed by atoms with Crippen LogP contribution in [0.2, 0.25) is 0 Å². The van der Waals surface area contributed by atoms with Crippen LogP contribution in [0, 0.1) is 13.8 Å². The van der Waals surface area contributed by atoms with E-state index in [9.17, 15) is 4.79 Å². The van der Waals surface area contributed by atoms with E-state index in [0.29, 0.717) is 5.16 Å². The third-order valence-electron chi connectivity index (χ3n) is 4.31. The fourth-order valence-corrected chi connectivity index (χ4v) is 3.83. The molecule has 6 nitrogen and oxygen atoms in total. The van der Waals surface area contributed by atoms with Crippen LogP contribution in [0.25, 0.3) is 16.6 Å². The molecule has 1 amide bonds. The first-order chi connectivity index (χ1) is 13.6. The Morgan fingerprint density at radius 1 is 1.07 bits per heavy atom. The number of hydrogen-bond donors (Lipinski definition) is 1. The summed E-state index contributed by atoms with van der Waals surface area (Å²) in [6, 6.07) is 17.6. The molecule has 0 spiro atoms. The van der Waals surface area contributed by atoms with Crippen LogP contribution >= 0.6 is 11.8 Å². The van der Waals surface area contributed by atoms with Gasteiger partial charge in [-0.1, -0.05) is 30.0 Å². The van der Waals surface area contributed by atoms with Gasteiger partial charge in [-0.3, -0.25) is 14.3 Å². The van der Waals surface area contributed by atoms with E-state index in [-0.39, 0.29) is 11.7 Å². The van der Waals surface area contributed by atoms with Gasteiger partial charge in [0.2, 0.25) is 5.91 Å². The fourth-order valence-electron chi connectivity index (χ4n) is 3.03. The molecule has 0 bridgehead atoms. The summed E-state index contributed by atoms with van der Waals surface area (Å²) < 4.78 is 1.97. The zero-order valence-corrected chi connectivity index (χ0v) is 16.4. The molecule has 4 aromatic rings. The van der Waals surface area contributed by atoms with Gasteiger partial charge in [-0.25, -0.2) is 0 Å². The Hall–Kier alpha value is -3.19. The smallest absolute Gasteiger partial charge is 0.234 e. The Balaban J connectivity index is 1.50. The Morgan fingerprint density at radius 2 is 1.93 bits per heavy atom. The second-order valence-electron chi connectivity index (χ2n) is 6.42. The minimum atomic E-state index is -0.0993. The molecule has 2 aromatic carbocycles. The lowest BCUT2D eigenvalue weighted by Gasteiger charge is -2.10. The highest BCUT2D eigenvalue weighted by molar-refractivity contribution is 7.99. The molecule has 2 aromatic heterocycles. The van der Waals surface area contributed by atoms with Gasteiger partial charge in [0, 0.05) is 17.3 Å². The average molecular weight is 389 g/mol. The minimum absolute atomic E-state index is 0.0993. The molecule has 4 rings (SSSR count). The number of fused-ring (bicyclic) bond motifs is 1. The second kappa shape index (κ2) is 7.82. The Bertz CT molecular complexity index is 1150. The SMILES string of the molecule is Cc1cccc(-n2c(C)nnc2SCC(=O)Nc2cccc3ncccc23)c1. The van der Waals surface area contributed by atoms with Gasteiger partial charge in [-0.05, 0) is 55.8 Å². The first-order valence-electron chi connectivity index (χ1n) is 8.87. The van der Waals surface area contributed by atoms with Crippen molar-refractivity contribution in [1.82, 2.24) is 19.7 Å². The van der Waals surface area contributed by atoms with Gasteiger partial charge >= 0.3 is 0 Å². The van der Waals surface area contributed by atoms with E-state index in [1.54, 1.807) is 6.20 Å². The van der Waals surface area contributed by atoms with Crippen molar-refractivity contribution in [3.05, 3.63) is 72.2 Å². The van der Waals surface area contributed by atoms with Crippen LogP contribution in [0.3, 0.4) is 0 Å². The Morgan fingerprint density at radius 3 is 2.79 bits per heavy atom. The van der Waals surface area contributed by atoms with Crippen LogP contribution in [-0.2, 0) is 4.79 Å². The van der Waals surface area contributed by atoms with E-state index in [4.69, 9.17) is 0 Å². The highest BCUT2D eigenvalue weighted by Gasteiger charge is 2.14. The van der Waals surface area contributed by atoms with E-state index >= 15 is 0 Å². The number of nitrogens with zero attached hydrogens (tertiary/aromatic N) is 4. The number of pyridine rings is 1. The molecule has 0 aliphatic rings. The van der Waals surface area contributed by atoms with Crippen LogP contribution in [0.4, 0.5) is 5.69 Å². The van der Waals surface area contributed by atoms with Crippen LogP contribution in [0.1, 0.15) is 11.4 Å². The number of rotatable bonds is 5. The lowest BCUT2D eigenvalue weighted by atomic mass is 10.2. The van der Waals surface area contributed by atoms with E-state index in [2.05, 4.69) is 26.6 Å². The second-order valence-corrected chi connectivity index (χ2v) is 7.36. The lowest BCUT2D eigenvalue weighted by Crippen LogP contribution is -2.15. The molecule has 1 N–H and O–H groups in total. The molecule has 7 heteroatoms. The normalized spacial score (nSPS) is 10.9. The molecule has 140 valence electrons. The summed E-state index contributed by atoms with van der Waals surface area (Å²) >= 11 is 1.36. The predicted octanol–water partition coefficient (Wildman–Crippen LogP) is 4.16. The van der Waals surface area contributed by atoms with Crippen molar-refractivity contribution in [3.8, 4) is 5.69 Å². The number of hydrogen-bond acceptors (Lipinski definition) is 5. The van der Waals surface area contributed by atoms with Gasteiger partial charge < -0.3 is 5.32 Å². The molecule has 0 radical (unpaired) electrons. The summed E-state index contributed by atoms with van der Waals surface area (Å²) in [6.07, 6.45) is 1.74. The summed E-state index contributed by atoms with van der Waals surface area (Å²) in [5.74, 6) is 0.923. The zero-order valence-electron chi connectivity index (χ0n) is 15.6. The first kappa shape index (κ1) is 18.2. The van der Waals surface area contributed by atoms with Gasteiger partial charge in [-0.15, -0.1) is 10.2 Å². The lowest BCUT2D eigenvalue weighted by molar-refractivity contribution is -0.113. The Labute approximate surface area is 167 Å². The van der Waals surface area contributed by atoms with Gasteiger partial charge in [0.15, 0.2) is 5.16 Å². The number of nitrogens with one attached hydrogen (secondary N) is 1. The van der Waals surface area contributed by atoms with E-state index in [1.807, 2.05) is 66.9 Å². The molecule has 0 atom stereocenters. The summed E-state index contributed by atoms with van der Waals surface area (Å²) in [4.78, 5) is 16.8. The van der Waals surface area contributed by atoms with Crippen LogP contribution in [-0.4, -0.2) is 31.4 Å². The van der Waals surface area contributed by atoms with Crippen LogP contribution < -0.4 is 5.32 Å². The largest absolute Gasteiger partial charge is 0.325 e. The molecule has 0 aliphatic carbocycles. The number of amides is 1. The Kier molecular flexibility index (Phi) is 5.08. The number of benzene rings is 2. The monoisotopic (exact) mass is 389 g/mol. The summed E-state index contributed by atoms with van der Waals surface area (Å²) in [7, 11) is 0. The maximum absolute atomic E-state index is 12.5. The molecule has 0 unspecified atom stereocenters. The zero-order chi connectivity index (χ0) is 19.5. The molecule has 2 heterocycles. The van der Waals surface area contributed by atoms with Gasteiger partial charge in [-0.2, -0.15) is 0 Å². The molecular weight excluding hydrogens is 370 g/mol. The number of carbonyl (C=O) groups is 1. The average Bonchev–Trinajstić information content (AvgIpc) is 3.07. The van der Waals surface area contributed by atoms with E-state index < -0.39 is 0 Å². The van der Waals surface area contributed by atoms with Crippen molar-refractivity contribution in [2.75, 3.05) is 11.1 Å². The highest BCUT2D eigenvalue weighted by atomic mass is 32.2. The van der Waals surface area contributed by atoms with E-state index in [1.165, 1.54) is 11.8 Å². The number of aryl methyl sites for hydroxylation is 2. The number of thioether (sulfide) groups is 1. The van der Waals surface area contributed by atoms with Gasteiger partial charge in [0.05, 0.1) is 17.0 Å². The van der Waals surface area contributed by atoms with Crippen molar-refractivity contribution in [1.29, 1.82) is 0 Å². The summed E-state index contributed by atoms with van der Waals surface area (Å²) in [5.41, 5.74) is 3.75. The third kappa shape index (κ3) is 3.75. The number of aromatic nitrogens is 4. The molecule has 0 fully saturated rings. The highest BCUT2D eigenvalue weighted by Crippen LogP contribution is 2.24. The number of carbonyl (C=O) groups excluding carboxylic acids is 1.